The van der Waals surface area contributed by atoms with Crippen molar-refractivity contribution in [1.82, 2.24) is 0 Å². The minimum absolute atomic E-state index is 0.0135. The summed E-state index contributed by atoms with van der Waals surface area (Å²) < 4.78 is 117. The van der Waals surface area contributed by atoms with Crippen molar-refractivity contribution in [2.75, 3.05) is 0 Å². The highest BCUT2D eigenvalue weighted by Crippen LogP contribution is 2.37. The summed E-state index contributed by atoms with van der Waals surface area (Å²) in [5.74, 6) is 10.1. The van der Waals surface area contributed by atoms with E-state index in [9.17, 15) is 25.3 Å². The molecule has 0 N–H and O–H groups in total. The second kappa shape index (κ2) is 22.7. The van der Waals surface area contributed by atoms with E-state index in [1.807, 2.05) is 0 Å². The molecule has 10 aromatic carbocycles. The van der Waals surface area contributed by atoms with E-state index < -0.39 is 29.5 Å². The molecule has 0 atom stereocenters. The zero-order valence-corrected chi connectivity index (χ0v) is 43.8. The van der Waals surface area contributed by atoms with E-state index in [2.05, 4.69) is 11.8 Å². The van der Waals surface area contributed by atoms with Gasteiger partial charge in [-0.1, -0.05) is 24.0 Å². The van der Waals surface area contributed by atoms with Gasteiger partial charge in [-0.25, -0.2) is 25.3 Å². The Morgan fingerprint density at radius 2 is 0.443 bits per heavy atom. The minimum Gasteiger partial charge on any atom is -0.457 e. The Kier molecular flexibility index (Phi) is 15.0. The molecule has 10 rings (SSSR count). The molecule has 0 spiro atoms. The van der Waals surface area contributed by atoms with Gasteiger partial charge in [0.15, 0.2) is 0 Å². The van der Waals surface area contributed by atoms with Gasteiger partial charge in [0.05, 0.1) is 24.5 Å². The van der Waals surface area contributed by atoms with Crippen molar-refractivity contribution in [3.05, 3.63) is 254 Å². The number of terminal acetylenes is 2. The molecule has 79 heavy (non-hydrogen) atoms. The average molecular weight is 1100 g/mol. The minimum atomic E-state index is -4.07. The van der Waals surface area contributed by atoms with Crippen LogP contribution in [0.4, 0.5) is 0 Å². The fourth-order valence-corrected chi connectivity index (χ4v) is 11.7. The molecule has 15 heteroatoms. The quantitative estimate of drug-likeness (QED) is 0.0750. The second-order valence-corrected chi connectivity index (χ2v) is 23.0. The maximum Gasteiger partial charge on any atom is 0.210 e. The number of benzene rings is 10. The highest BCUT2D eigenvalue weighted by molar-refractivity contribution is 7.92. The summed E-state index contributed by atoms with van der Waals surface area (Å²) in [4.78, 5) is 0.322. The van der Waals surface area contributed by atoms with Crippen LogP contribution in [0.5, 0.6) is 69.0 Å². The number of sulfone groups is 3. The molecule has 0 bridgehead atoms. The molecule has 0 unspecified atom stereocenters. The maximum absolute atomic E-state index is 14.0. The first-order valence-electron chi connectivity index (χ1n) is 24.0. The standard InChI is InChI=1S/C64H42O12S3/c1-3-45-9-13-47(14-10-45)71-52-25-35-58(36-26-52)77(65,66)60-39-29-54(30-40-60)73-49-17-19-50(20-18-49)74-56-33-43-62(44-34-56)79(69,70)64-8-6-5-7-63(64)76-57-23-21-51(22-24-57)75-55-31-41-61(42-32-55)78(67,68)59-37-27-53(28-38-59)72-48-15-11-46(4-2)12-16-48/h1-2,5-44H. The van der Waals surface area contributed by atoms with Gasteiger partial charge in [0, 0.05) is 11.1 Å². The molecule has 0 heterocycles. The van der Waals surface area contributed by atoms with Gasteiger partial charge in [-0.2, -0.15) is 0 Å². The summed E-state index contributed by atoms with van der Waals surface area (Å²) in [5.41, 5.74) is 1.44. The van der Waals surface area contributed by atoms with Gasteiger partial charge in [-0.05, 0) is 231 Å². The molecule has 0 saturated carbocycles. The maximum atomic E-state index is 14.0. The second-order valence-electron chi connectivity index (χ2n) is 17.2. The van der Waals surface area contributed by atoms with Crippen LogP contribution < -0.4 is 28.4 Å². The summed E-state index contributed by atoms with van der Waals surface area (Å²) in [5, 5.41) is 0. The van der Waals surface area contributed by atoms with Gasteiger partial charge in [0.25, 0.3) is 0 Å². The number of hydrogen-bond donors (Lipinski definition) is 0. The molecule has 0 aromatic heterocycles. The van der Waals surface area contributed by atoms with Crippen molar-refractivity contribution < 1.29 is 53.7 Å². The van der Waals surface area contributed by atoms with Crippen molar-refractivity contribution in [3.8, 4) is 93.7 Å². The Bertz CT molecular complexity index is 4210. The predicted molar refractivity (Wildman–Crippen MR) is 297 cm³/mol. The van der Waals surface area contributed by atoms with Crippen molar-refractivity contribution in [1.29, 1.82) is 0 Å². The molecule has 0 saturated heterocycles. The highest BCUT2D eigenvalue weighted by Gasteiger charge is 2.24. The summed E-state index contributed by atoms with van der Waals surface area (Å²) in [6.07, 6.45) is 10.8. The Balaban J connectivity index is 0.712. The van der Waals surface area contributed by atoms with Crippen LogP contribution in [0.15, 0.2) is 272 Å². The van der Waals surface area contributed by atoms with E-state index in [1.54, 1.807) is 176 Å². The molecule has 0 aliphatic heterocycles. The topological polar surface area (TPSA) is 158 Å². The number of hydrogen-bond acceptors (Lipinski definition) is 12. The zero-order chi connectivity index (χ0) is 55.0. The summed E-state index contributed by atoms with van der Waals surface area (Å²) in [6.45, 7) is 0. The Morgan fingerprint density at radius 3 is 0.696 bits per heavy atom. The SMILES string of the molecule is C#Cc1ccc(Oc2ccc(S(=O)(=O)c3ccc(Oc4ccc(Oc5ccc(S(=O)(=O)c6ccccc6Oc6ccc(Oc7ccc(S(=O)(=O)c8ccc(Oc9ccc(C#C)cc9)cc8)cc7)cc6)cc5)cc4)cc3)cc2)cc1. The van der Waals surface area contributed by atoms with Crippen LogP contribution in [0, 0.1) is 24.7 Å². The van der Waals surface area contributed by atoms with Crippen molar-refractivity contribution >= 4 is 29.5 Å². The zero-order valence-electron chi connectivity index (χ0n) is 41.4. The van der Waals surface area contributed by atoms with Crippen LogP contribution in [0.2, 0.25) is 0 Å². The Morgan fingerprint density at radius 1 is 0.241 bits per heavy atom. The van der Waals surface area contributed by atoms with E-state index in [-0.39, 0.29) is 35.1 Å². The fourth-order valence-electron chi connectivity index (χ4n) is 7.79. The molecule has 0 fully saturated rings. The lowest BCUT2D eigenvalue weighted by atomic mass is 10.2. The van der Waals surface area contributed by atoms with Gasteiger partial charge in [0.1, 0.15) is 73.9 Å². The first kappa shape index (κ1) is 52.4. The molecule has 0 radical (unpaired) electrons. The van der Waals surface area contributed by atoms with Crippen LogP contribution >= 0.6 is 0 Å². The van der Waals surface area contributed by atoms with Crippen molar-refractivity contribution in [2.24, 2.45) is 0 Å². The van der Waals surface area contributed by atoms with E-state index in [0.717, 1.165) is 5.56 Å². The molecular formula is C64H42O12S3. The Labute approximate surface area is 457 Å². The van der Waals surface area contributed by atoms with Crippen LogP contribution in [0.25, 0.3) is 0 Å². The van der Waals surface area contributed by atoms with Gasteiger partial charge >= 0.3 is 0 Å². The number of rotatable bonds is 18. The monoisotopic (exact) mass is 1100 g/mol. The lowest BCUT2D eigenvalue weighted by Crippen LogP contribution is -2.04. The number of ether oxygens (including phenoxy) is 6. The largest absolute Gasteiger partial charge is 0.457 e. The van der Waals surface area contributed by atoms with E-state index in [1.165, 1.54) is 66.7 Å². The number of para-hydroxylation sites is 1. The first-order chi connectivity index (χ1) is 38.2. The molecule has 0 aliphatic rings. The van der Waals surface area contributed by atoms with Crippen LogP contribution in [0.3, 0.4) is 0 Å². The third-order valence-electron chi connectivity index (χ3n) is 11.9. The smallest absolute Gasteiger partial charge is 0.210 e. The third-order valence-corrected chi connectivity index (χ3v) is 17.3. The van der Waals surface area contributed by atoms with Crippen LogP contribution in [0.1, 0.15) is 11.1 Å². The fraction of sp³-hybridized carbons (Fsp3) is 0. The molecule has 10 aromatic rings. The molecular weight excluding hydrogens is 1060 g/mol. The average Bonchev–Trinajstić information content (AvgIpc) is 3.48. The van der Waals surface area contributed by atoms with Crippen molar-refractivity contribution in [3.63, 3.8) is 0 Å². The summed E-state index contributed by atoms with van der Waals surface area (Å²) >= 11 is 0. The molecule has 0 aliphatic carbocycles. The third kappa shape index (κ3) is 12.3. The van der Waals surface area contributed by atoms with Crippen LogP contribution in [-0.2, 0) is 29.5 Å². The van der Waals surface area contributed by atoms with E-state index in [0.29, 0.717) is 68.8 Å². The summed E-state index contributed by atoms with van der Waals surface area (Å²) in [7, 11) is -11.7. The lowest BCUT2D eigenvalue weighted by Gasteiger charge is -2.13. The van der Waals surface area contributed by atoms with Gasteiger partial charge in [-0.15, -0.1) is 12.8 Å². The Hall–Kier alpha value is -10.0. The molecule has 0 amide bonds. The van der Waals surface area contributed by atoms with Gasteiger partial charge in [-0.3, -0.25) is 0 Å². The highest BCUT2D eigenvalue weighted by atomic mass is 32.2. The first-order valence-corrected chi connectivity index (χ1v) is 28.4. The van der Waals surface area contributed by atoms with E-state index in [4.69, 9.17) is 41.3 Å². The summed E-state index contributed by atoms with van der Waals surface area (Å²) in [6, 6.07) is 63.8. The van der Waals surface area contributed by atoms with Crippen molar-refractivity contribution in [2.45, 2.75) is 29.4 Å². The normalized spacial score (nSPS) is 11.3. The van der Waals surface area contributed by atoms with Gasteiger partial charge < -0.3 is 28.4 Å². The van der Waals surface area contributed by atoms with Crippen LogP contribution in [-0.4, -0.2) is 25.3 Å². The van der Waals surface area contributed by atoms with E-state index >= 15 is 0 Å². The van der Waals surface area contributed by atoms with Gasteiger partial charge in [0.2, 0.25) is 29.5 Å². The predicted octanol–water partition coefficient (Wildman–Crippen LogP) is 14.9. The lowest BCUT2D eigenvalue weighted by molar-refractivity contribution is 0.460. The molecule has 388 valence electrons. The molecule has 12 nitrogen and oxygen atoms in total.